The van der Waals surface area contributed by atoms with E-state index in [0.29, 0.717) is 18.8 Å². The normalized spacial score (nSPS) is 23.2. The van der Waals surface area contributed by atoms with Crippen LogP contribution < -0.4 is 15.5 Å². The minimum atomic E-state index is -0.263. The highest BCUT2D eigenvalue weighted by molar-refractivity contribution is 6.01. The number of likely N-dealkylation sites (N-methyl/N-ethyl adjacent to an activating group) is 1. The molecular weight excluding hydrogens is 278 g/mol. The van der Waals surface area contributed by atoms with E-state index in [2.05, 4.69) is 28.8 Å². The average Bonchev–Trinajstić information content (AvgIpc) is 2.55. The summed E-state index contributed by atoms with van der Waals surface area (Å²) >= 11 is 0. The molecule has 0 unspecified atom stereocenters. The Balaban J connectivity index is 1.76. The highest BCUT2D eigenvalue weighted by atomic mass is 16.2. The van der Waals surface area contributed by atoms with Crippen molar-refractivity contribution in [3.05, 3.63) is 29.8 Å². The van der Waals surface area contributed by atoms with Crippen molar-refractivity contribution in [3.63, 3.8) is 0 Å². The van der Waals surface area contributed by atoms with Crippen molar-refractivity contribution < 1.29 is 9.59 Å². The van der Waals surface area contributed by atoms with Gasteiger partial charge < -0.3 is 10.2 Å². The number of piperidine rings is 2. The zero-order chi connectivity index (χ0) is 15.5. The molecule has 2 amide bonds. The van der Waals surface area contributed by atoms with Crippen molar-refractivity contribution >= 4 is 17.5 Å². The molecule has 118 valence electrons. The SMILES string of the molecule is CN(c1cccc(C2CCNCC2)c1)[C@H]1CCC(=O)NC1=O. The molecule has 2 N–H and O–H groups in total. The molecular formula is C17H23N3O2. The highest BCUT2D eigenvalue weighted by Gasteiger charge is 2.30. The van der Waals surface area contributed by atoms with Crippen molar-refractivity contribution in [3.8, 4) is 0 Å². The number of anilines is 1. The van der Waals surface area contributed by atoms with Gasteiger partial charge in [-0.1, -0.05) is 12.1 Å². The summed E-state index contributed by atoms with van der Waals surface area (Å²) in [7, 11) is 1.93. The average molecular weight is 301 g/mol. The zero-order valence-electron chi connectivity index (χ0n) is 13.0. The lowest BCUT2D eigenvalue weighted by molar-refractivity contribution is -0.134. The highest BCUT2D eigenvalue weighted by Crippen LogP contribution is 2.29. The van der Waals surface area contributed by atoms with Crippen LogP contribution in [0.4, 0.5) is 5.69 Å². The third-order valence-electron chi connectivity index (χ3n) is 4.77. The summed E-state index contributed by atoms with van der Waals surface area (Å²) in [5.74, 6) is 0.237. The number of amides is 2. The molecule has 0 aliphatic carbocycles. The van der Waals surface area contributed by atoms with Gasteiger partial charge in [-0.15, -0.1) is 0 Å². The van der Waals surface area contributed by atoms with E-state index >= 15 is 0 Å². The van der Waals surface area contributed by atoms with Gasteiger partial charge in [0.2, 0.25) is 11.8 Å². The zero-order valence-corrected chi connectivity index (χ0v) is 13.0. The topological polar surface area (TPSA) is 61.4 Å². The Morgan fingerprint density at radius 1 is 1.14 bits per heavy atom. The third kappa shape index (κ3) is 3.14. The molecule has 2 saturated heterocycles. The number of nitrogens with one attached hydrogen (secondary N) is 2. The Kier molecular flexibility index (Phi) is 4.43. The molecule has 3 rings (SSSR count). The smallest absolute Gasteiger partial charge is 0.249 e. The molecule has 1 aromatic rings. The fraction of sp³-hybridized carbons (Fsp3) is 0.529. The van der Waals surface area contributed by atoms with Crippen LogP contribution in [-0.4, -0.2) is 38.0 Å². The maximum absolute atomic E-state index is 12.0. The maximum atomic E-state index is 12.0. The standard InChI is InChI=1S/C17H23N3O2/c1-20(15-5-6-16(21)19-17(15)22)14-4-2-3-13(11-14)12-7-9-18-10-8-12/h2-4,11-12,15,18H,5-10H2,1H3,(H,19,21,22)/t15-/m0/s1. The maximum Gasteiger partial charge on any atom is 0.249 e. The van der Waals surface area contributed by atoms with Crippen molar-refractivity contribution in [2.45, 2.75) is 37.6 Å². The predicted octanol–water partition coefficient (Wildman–Crippen LogP) is 1.39. The number of carbonyl (C=O) groups is 2. The van der Waals surface area contributed by atoms with Gasteiger partial charge in [-0.25, -0.2) is 0 Å². The van der Waals surface area contributed by atoms with Gasteiger partial charge in [-0.05, 0) is 56.0 Å². The van der Waals surface area contributed by atoms with Crippen LogP contribution in [0.3, 0.4) is 0 Å². The Hall–Kier alpha value is -1.88. The molecule has 22 heavy (non-hydrogen) atoms. The first-order valence-corrected chi connectivity index (χ1v) is 8.02. The Morgan fingerprint density at radius 3 is 2.64 bits per heavy atom. The number of rotatable bonds is 3. The summed E-state index contributed by atoms with van der Waals surface area (Å²) in [6.45, 7) is 2.13. The van der Waals surface area contributed by atoms with E-state index in [1.54, 1.807) is 0 Å². The van der Waals surface area contributed by atoms with Gasteiger partial charge in [0, 0.05) is 19.2 Å². The number of nitrogens with zero attached hydrogens (tertiary/aromatic N) is 1. The van der Waals surface area contributed by atoms with Gasteiger partial charge >= 0.3 is 0 Å². The van der Waals surface area contributed by atoms with Gasteiger partial charge in [0.25, 0.3) is 0 Å². The first-order chi connectivity index (χ1) is 10.6. The minimum Gasteiger partial charge on any atom is -0.363 e. The fourth-order valence-corrected chi connectivity index (χ4v) is 3.38. The number of imide groups is 1. The second-order valence-corrected chi connectivity index (χ2v) is 6.20. The Bertz CT molecular complexity index is 567. The fourth-order valence-electron chi connectivity index (χ4n) is 3.38. The predicted molar refractivity (Wildman–Crippen MR) is 85.9 cm³/mol. The summed E-state index contributed by atoms with van der Waals surface area (Å²) in [5.41, 5.74) is 2.39. The van der Waals surface area contributed by atoms with Crippen LogP contribution in [-0.2, 0) is 9.59 Å². The quantitative estimate of drug-likeness (QED) is 0.828. The van der Waals surface area contributed by atoms with Crippen LogP contribution in [0.2, 0.25) is 0 Å². The first kappa shape index (κ1) is 15.0. The van der Waals surface area contributed by atoms with E-state index in [1.165, 1.54) is 5.56 Å². The third-order valence-corrected chi connectivity index (χ3v) is 4.77. The van der Waals surface area contributed by atoms with Gasteiger partial charge in [0.1, 0.15) is 6.04 Å². The number of benzene rings is 1. The summed E-state index contributed by atoms with van der Waals surface area (Å²) in [6.07, 6.45) is 3.31. The van der Waals surface area contributed by atoms with Gasteiger partial charge in [-0.3, -0.25) is 14.9 Å². The molecule has 2 aliphatic rings. The van der Waals surface area contributed by atoms with Crippen LogP contribution in [0.15, 0.2) is 24.3 Å². The molecule has 1 atom stereocenters. The van der Waals surface area contributed by atoms with Crippen LogP contribution >= 0.6 is 0 Å². The lowest BCUT2D eigenvalue weighted by atomic mass is 9.90. The molecule has 5 nitrogen and oxygen atoms in total. The largest absolute Gasteiger partial charge is 0.363 e. The molecule has 1 aromatic carbocycles. The molecule has 0 aromatic heterocycles. The molecule has 2 fully saturated rings. The summed E-state index contributed by atoms with van der Waals surface area (Å²) in [4.78, 5) is 25.3. The van der Waals surface area contributed by atoms with E-state index in [9.17, 15) is 9.59 Å². The molecule has 0 saturated carbocycles. The van der Waals surface area contributed by atoms with Gasteiger partial charge in [0.15, 0.2) is 0 Å². The molecule has 2 heterocycles. The molecule has 0 spiro atoms. The van der Waals surface area contributed by atoms with Crippen molar-refractivity contribution in [1.29, 1.82) is 0 Å². The molecule has 2 aliphatic heterocycles. The number of carbonyl (C=O) groups excluding carboxylic acids is 2. The lowest BCUT2D eigenvalue weighted by Crippen LogP contribution is -2.51. The van der Waals surface area contributed by atoms with Gasteiger partial charge in [0.05, 0.1) is 0 Å². The van der Waals surface area contributed by atoms with Crippen LogP contribution in [0.25, 0.3) is 0 Å². The monoisotopic (exact) mass is 301 g/mol. The van der Waals surface area contributed by atoms with E-state index in [4.69, 9.17) is 0 Å². The second kappa shape index (κ2) is 6.48. The van der Waals surface area contributed by atoms with Crippen LogP contribution in [0.1, 0.15) is 37.2 Å². The minimum absolute atomic E-state index is 0.168. The Labute approximate surface area is 131 Å². The molecule has 5 heteroatoms. The van der Waals surface area contributed by atoms with Crippen molar-refractivity contribution in [2.75, 3.05) is 25.0 Å². The van der Waals surface area contributed by atoms with Crippen LogP contribution in [0, 0.1) is 0 Å². The number of hydrogen-bond donors (Lipinski definition) is 2. The summed E-state index contributed by atoms with van der Waals surface area (Å²) in [6, 6.07) is 8.21. The number of hydrogen-bond acceptors (Lipinski definition) is 4. The summed E-state index contributed by atoms with van der Waals surface area (Å²) in [5, 5.41) is 5.82. The summed E-state index contributed by atoms with van der Waals surface area (Å²) < 4.78 is 0. The second-order valence-electron chi connectivity index (χ2n) is 6.20. The van der Waals surface area contributed by atoms with Gasteiger partial charge in [-0.2, -0.15) is 0 Å². The van der Waals surface area contributed by atoms with E-state index in [-0.39, 0.29) is 17.9 Å². The Morgan fingerprint density at radius 2 is 1.91 bits per heavy atom. The van der Waals surface area contributed by atoms with E-state index in [1.807, 2.05) is 18.0 Å². The van der Waals surface area contributed by atoms with Crippen molar-refractivity contribution in [2.24, 2.45) is 0 Å². The van der Waals surface area contributed by atoms with Crippen LogP contribution in [0.5, 0.6) is 0 Å². The van der Waals surface area contributed by atoms with E-state index < -0.39 is 0 Å². The van der Waals surface area contributed by atoms with E-state index in [0.717, 1.165) is 31.6 Å². The first-order valence-electron chi connectivity index (χ1n) is 8.02. The molecule has 0 bridgehead atoms. The van der Waals surface area contributed by atoms with Crippen molar-refractivity contribution in [1.82, 2.24) is 10.6 Å². The lowest BCUT2D eigenvalue weighted by Gasteiger charge is -2.32. The molecule has 0 radical (unpaired) electrons.